The van der Waals surface area contributed by atoms with E-state index in [4.69, 9.17) is 9.47 Å². The molecular formula is C26H30N4O5. The van der Waals surface area contributed by atoms with Crippen molar-refractivity contribution in [2.24, 2.45) is 0 Å². The lowest BCUT2D eigenvalue weighted by molar-refractivity contribution is -0.139. The number of amides is 1. The van der Waals surface area contributed by atoms with Crippen LogP contribution in [0.3, 0.4) is 0 Å². The predicted molar refractivity (Wildman–Crippen MR) is 133 cm³/mol. The molecule has 2 aromatic carbocycles. The van der Waals surface area contributed by atoms with E-state index in [1.807, 2.05) is 43.3 Å². The summed E-state index contributed by atoms with van der Waals surface area (Å²) in [6, 6.07) is 13.4. The van der Waals surface area contributed by atoms with Crippen LogP contribution >= 0.6 is 0 Å². The van der Waals surface area contributed by atoms with Crippen LogP contribution in [0.4, 0.5) is 10.7 Å². The molecule has 0 aliphatic heterocycles. The third-order valence-electron chi connectivity index (χ3n) is 4.79. The fourth-order valence-corrected chi connectivity index (χ4v) is 3.17. The normalized spacial score (nSPS) is 11.9. The average Bonchev–Trinajstić information content (AvgIpc) is 2.78. The molecule has 0 saturated carbocycles. The summed E-state index contributed by atoms with van der Waals surface area (Å²) < 4.78 is 11.1. The molecule has 3 aromatic rings. The highest BCUT2D eigenvalue weighted by atomic mass is 16.6. The van der Waals surface area contributed by atoms with Gasteiger partial charge in [-0.05, 0) is 56.2 Å². The molecule has 0 bridgehead atoms. The van der Waals surface area contributed by atoms with Crippen LogP contribution in [-0.4, -0.2) is 52.9 Å². The predicted octanol–water partition coefficient (Wildman–Crippen LogP) is 4.52. The molecule has 0 unspecified atom stereocenters. The highest BCUT2D eigenvalue weighted by Gasteiger charge is 2.24. The number of carbonyl (C=O) groups is 2. The number of carboxylic acid groups (broad SMARTS) is 1. The summed E-state index contributed by atoms with van der Waals surface area (Å²) in [6.45, 7) is 5.14. The first kappa shape index (κ1) is 25.5. The number of carboxylic acids is 1. The number of aromatic nitrogens is 2. The average molecular weight is 479 g/mol. The van der Waals surface area contributed by atoms with Crippen LogP contribution in [0.5, 0.6) is 11.5 Å². The first-order chi connectivity index (χ1) is 16.5. The van der Waals surface area contributed by atoms with E-state index >= 15 is 0 Å². The number of aliphatic carboxylic acids is 1. The van der Waals surface area contributed by atoms with Crippen molar-refractivity contribution in [3.05, 3.63) is 66.5 Å². The molecular weight excluding hydrogens is 448 g/mol. The van der Waals surface area contributed by atoms with Gasteiger partial charge < -0.3 is 24.8 Å². The number of benzene rings is 2. The zero-order valence-electron chi connectivity index (χ0n) is 20.5. The maximum absolute atomic E-state index is 12.0. The second-order valence-electron chi connectivity index (χ2n) is 9.18. The Kier molecular flexibility index (Phi) is 7.91. The first-order valence-corrected chi connectivity index (χ1v) is 11.1. The van der Waals surface area contributed by atoms with Gasteiger partial charge in [-0.1, -0.05) is 24.3 Å². The standard InChI is InChI=1S/C26H30N4O5/c1-26(2,3)35-25(33)29-22(23(31)32)14-17-7-6-8-21(13-17)34-20-11-9-18(10-12-20)19-15-27-24(28-16-19)30(4)5/h6-13,15-16,22H,14H2,1-5H3,(H,29,33)(H,31,32)/t22-/m0/s1. The monoisotopic (exact) mass is 478 g/mol. The van der Waals surface area contributed by atoms with Crippen LogP contribution in [0, 0.1) is 0 Å². The molecule has 3 rings (SSSR count). The highest BCUT2D eigenvalue weighted by molar-refractivity contribution is 5.80. The van der Waals surface area contributed by atoms with E-state index < -0.39 is 23.7 Å². The topological polar surface area (TPSA) is 114 Å². The minimum atomic E-state index is -1.15. The second kappa shape index (κ2) is 10.9. The van der Waals surface area contributed by atoms with Gasteiger partial charge in [0, 0.05) is 38.5 Å². The van der Waals surface area contributed by atoms with Crippen molar-refractivity contribution in [3.8, 4) is 22.6 Å². The van der Waals surface area contributed by atoms with Crippen LogP contribution in [-0.2, 0) is 16.0 Å². The van der Waals surface area contributed by atoms with E-state index in [0.29, 0.717) is 23.0 Å². The lowest BCUT2D eigenvalue weighted by Crippen LogP contribution is -2.44. The molecule has 1 heterocycles. The van der Waals surface area contributed by atoms with Gasteiger partial charge in [0.1, 0.15) is 23.1 Å². The molecule has 9 nitrogen and oxygen atoms in total. The molecule has 35 heavy (non-hydrogen) atoms. The van der Waals surface area contributed by atoms with Crippen LogP contribution in [0.2, 0.25) is 0 Å². The lowest BCUT2D eigenvalue weighted by atomic mass is 10.1. The van der Waals surface area contributed by atoms with E-state index in [-0.39, 0.29) is 6.42 Å². The van der Waals surface area contributed by atoms with Gasteiger partial charge in [-0.25, -0.2) is 19.6 Å². The van der Waals surface area contributed by atoms with E-state index in [1.54, 1.807) is 57.4 Å². The largest absolute Gasteiger partial charge is 0.480 e. The summed E-state index contributed by atoms with van der Waals surface area (Å²) in [5.74, 6) is 0.661. The number of hydrogen-bond donors (Lipinski definition) is 2. The minimum Gasteiger partial charge on any atom is -0.480 e. The molecule has 2 N–H and O–H groups in total. The Bertz CT molecular complexity index is 1160. The minimum absolute atomic E-state index is 0.0770. The van der Waals surface area contributed by atoms with Crippen LogP contribution in [0.1, 0.15) is 26.3 Å². The lowest BCUT2D eigenvalue weighted by Gasteiger charge is -2.22. The molecule has 0 saturated heterocycles. The quantitative estimate of drug-likeness (QED) is 0.486. The van der Waals surface area contributed by atoms with Crippen molar-refractivity contribution in [1.29, 1.82) is 0 Å². The van der Waals surface area contributed by atoms with Crippen molar-refractivity contribution < 1.29 is 24.2 Å². The molecule has 0 aliphatic carbocycles. The summed E-state index contributed by atoms with van der Waals surface area (Å²) in [7, 11) is 3.77. The maximum atomic E-state index is 12.0. The first-order valence-electron chi connectivity index (χ1n) is 11.1. The van der Waals surface area contributed by atoms with E-state index in [2.05, 4.69) is 15.3 Å². The maximum Gasteiger partial charge on any atom is 0.408 e. The van der Waals surface area contributed by atoms with Crippen LogP contribution < -0.4 is 15.0 Å². The second-order valence-corrected chi connectivity index (χ2v) is 9.18. The smallest absolute Gasteiger partial charge is 0.408 e. The zero-order valence-corrected chi connectivity index (χ0v) is 20.5. The molecule has 0 radical (unpaired) electrons. The number of anilines is 1. The Morgan fingerprint density at radius 2 is 1.66 bits per heavy atom. The van der Waals surface area contributed by atoms with Gasteiger partial charge in [0.15, 0.2) is 0 Å². The molecule has 0 spiro atoms. The third kappa shape index (κ3) is 7.70. The summed E-state index contributed by atoms with van der Waals surface area (Å²) in [5.41, 5.74) is 1.81. The van der Waals surface area contributed by atoms with Crippen LogP contribution in [0.15, 0.2) is 60.9 Å². The Labute approximate surface area is 204 Å². The fourth-order valence-electron chi connectivity index (χ4n) is 3.17. The Morgan fingerprint density at radius 3 is 2.23 bits per heavy atom. The molecule has 9 heteroatoms. The number of ether oxygens (including phenoxy) is 2. The Hall–Kier alpha value is -4.14. The van der Waals surface area contributed by atoms with Gasteiger partial charge >= 0.3 is 12.1 Å². The number of alkyl carbamates (subject to hydrolysis) is 1. The molecule has 1 amide bonds. The van der Waals surface area contributed by atoms with Gasteiger partial charge in [0.2, 0.25) is 5.95 Å². The number of carbonyl (C=O) groups excluding carboxylic acids is 1. The van der Waals surface area contributed by atoms with E-state index in [0.717, 1.165) is 11.1 Å². The van der Waals surface area contributed by atoms with Gasteiger partial charge in [-0.2, -0.15) is 0 Å². The van der Waals surface area contributed by atoms with Crippen LogP contribution in [0.25, 0.3) is 11.1 Å². The molecule has 1 aromatic heterocycles. The van der Waals surface area contributed by atoms with Crippen molar-refractivity contribution >= 4 is 18.0 Å². The number of nitrogens with zero attached hydrogens (tertiary/aromatic N) is 3. The highest BCUT2D eigenvalue weighted by Crippen LogP contribution is 2.26. The molecule has 0 aliphatic rings. The summed E-state index contributed by atoms with van der Waals surface area (Å²) >= 11 is 0. The van der Waals surface area contributed by atoms with E-state index in [9.17, 15) is 14.7 Å². The summed E-state index contributed by atoms with van der Waals surface area (Å²) in [4.78, 5) is 34.2. The molecule has 1 atom stereocenters. The summed E-state index contributed by atoms with van der Waals surface area (Å²) in [6.07, 6.45) is 2.84. The molecule has 0 fully saturated rings. The number of rotatable bonds is 8. The molecule has 184 valence electrons. The van der Waals surface area contributed by atoms with Crippen molar-refractivity contribution in [2.45, 2.75) is 38.8 Å². The summed E-state index contributed by atoms with van der Waals surface area (Å²) in [5, 5.41) is 11.9. The van der Waals surface area contributed by atoms with Gasteiger partial charge in [-0.15, -0.1) is 0 Å². The SMILES string of the molecule is CN(C)c1ncc(-c2ccc(Oc3cccc(C[C@H](NC(=O)OC(C)(C)C)C(=O)O)c3)cc2)cn1. The van der Waals surface area contributed by atoms with Crippen molar-refractivity contribution in [2.75, 3.05) is 19.0 Å². The van der Waals surface area contributed by atoms with Gasteiger partial charge in [0.25, 0.3) is 0 Å². The van der Waals surface area contributed by atoms with E-state index in [1.165, 1.54) is 0 Å². The number of hydrogen-bond acceptors (Lipinski definition) is 7. The zero-order chi connectivity index (χ0) is 25.6. The number of nitrogens with one attached hydrogen (secondary N) is 1. The Balaban J connectivity index is 1.66. The fraction of sp³-hybridized carbons (Fsp3) is 0.308. The Morgan fingerprint density at radius 1 is 1.00 bits per heavy atom. The van der Waals surface area contributed by atoms with Gasteiger partial charge in [0.05, 0.1) is 0 Å². The van der Waals surface area contributed by atoms with Gasteiger partial charge in [-0.3, -0.25) is 0 Å². The third-order valence-corrected chi connectivity index (χ3v) is 4.79. The van der Waals surface area contributed by atoms with Crippen molar-refractivity contribution in [1.82, 2.24) is 15.3 Å². The van der Waals surface area contributed by atoms with Crippen molar-refractivity contribution in [3.63, 3.8) is 0 Å².